The summed E-state index contributed by atoms with van der Waals surface area (Å²) in [7, 11) is -2.24. The van der Waals surface area contributed by atoms with E-state index in [0.29, 0.717) is 44.0 Å². The molecule has 1 saturated heterocycles. The number of methoxy groups -OCH3 is 1. The number of aromatic amines is 1. The first-order valence-electron chi connectivity index (χ1n) is 11.3. The maximum atomic E-state index is 13.1. The van der Waals surface area contributed by atoms with E-state index in [4.69, 9.17) is 39.5 Å². The van der Waals surface area contributed by atoms with Gasteiger partial charge in [0.25, 0.3) is 9.70 Å². The van der Waals surface area contributed by atoms with Gasteiger partial charge in [0.15, 0.2) is 0 Å². The van der Waals surface area contributed by atoms with E-state index in [0.717, 1.165) is 22.0 Å². The van der Waals surface area contributed by atoms with Crippen molar-refractivity contribution in [2.24, 2.45) is 0 Å². The summed E-state index contributed by atoms with van der Waals surface area (Å²) in [6.07, 6.45) is 2.46. The van der Waals surface area contributed by atoms with Crippen LogP contribution in [-0.4, -0.2) is 67.8 Å². The number of hydrogen-bond donors (Lipinski definition) is 2. The van der Waals surface area contributed by atoms with Gasteiger partial charge in [-0.2, -0.15) is 0 Å². The molecule has 1 aliphatic heterocycles. The van der Waals surface area contributed by atoms with Crippen molar-refractivity contribution in [1.82, 2.24) is 14.6 Å². The summed E-state index contributed by atoms with van der Waals surface area (Å²) in [6.45, 7) is 3.80. The van der Waals surface area contributed by atoms with E-state index in [2.05, 4.69) is 15.8 Å². The maximum Gasteiger partial charge on any atom is 0.274 e. The second-order valence-electron chi connectivity index (χ2n) is 8.62. The number of ether oxygens (including phenoxy) is 1. The third kappa shape index (κ3) is 5.86. The van der Waals surface area contributed by atoms with Crippen molar-refractivity contribution in [2.45, 2.75) is 22.0 Å². The molecule has 0 atom stereocenters. The molecular weight excluding hydrogens is 547 g/mol. The van der Waals surface area contributed by atoms with E-state index >= 15 is 0 Å². The Labute approximate surface area is 225 Å². The maximum absolute atomic E-state index is 13.1. The van der Waals surface area contributed by atoms with Crippen molar-refractivity contribution >= 4 is 67.3 Å². The summed E-state index contributed by atoms with van der Waals surface area (Å²) in [5.41, 5.74) is 3.84. The molecule has 0 aliphatic carbocycles. The Bertz CT molecular complexity index is 1360. The zero-order chi connectivity index (χ0) is 26.1. The average Bonchev–Trinajstić information content (AvgIpc) is 3.24. The molecule has 2 N–H and O–H groups in total. The molecule has 0 unspecified atom stereocenters. The first-order valence-corrected chi connectivity index (χ1v) is 14.0. The number of amides is 1. The smallest absolute Gasteiger partial charge is 0.274 e. The molecule has 1 amide bonds. The van der Waals surface area contributed by atoms with Gasteiger partial charge in [0, 0.05) is 49.8 Å². The highest BCUT2D eigenvalue weighted by atomic mass is 35.6. The molecule has 194 valence electrons. The minimum absolute atomic E-state index is 0.132. The summed E-state index contributed by atoms with van der Waals surface area (Å²) < 4.78 is 32.3. The molecule has 0 bridgehead atoms. The van der Waals surface area contributed by atoms with Crippen molar-refractivity contribution in [3.05, 3.63) is 53.7 Å². The van der Waals surface area contributed by atoms with Crippen molar-refractivity contribution in [1.29, 1.82) is 0 Å². The van der Waals surface area contributed by atoms with Crippen LogP contribution in [0.3, 0.4) is 0 Å². The molecule has 0 saturated carbocycles. The molecule has 3 aromatic rings. The highest BCUT2D eigenvalue weighted by Crippen LogP contribution is 2.33. The van der Waals surface area contributed by atoms with Gasteiger partial charge in [-0.25, -0.2) is 13.1 Å². The number of H-pyrrole nitrogens is 1. The first-order chi connectivity index (χ1) is 17.0. The van der Waals surface area contributed by atoms with E-state index in [1.54, 1.807) is 12.1 Å². The minimum atomic E-state index is -3.76. The zero-order valence-electron chi connectivity index (χ0n) is 19.9. The summed E-state index contributed by atoms with van der Waals surface area (Å²) in [6, 6.07) is 10.9. The first kappa shape index (κ1) is 26.9. The fourth-order valence-electron chi connectivity index (χ4n) is 4.32. The summed E-state index contributed by atoms with van der Waals surface area (Å²) in [5.74, 6) is -0.0470. The van der Waals surface area contributed by atoms with Gasteiger partial charge < -0.3 is 19.5 Å². The number of aromatic nitrogens is 1. The molecule has 4 rings (SSSR count). The van der Waals surface area contributed by atoms with Gasteiger partial charge >= 0.3 is 0 Å². The number of sulfonamides is 1. The van der Waals surface area contributed by atoms with Gasteiger partial charge in [-0.3, -0.25) is 4.79 Å². The summed E-state index contributed by atoms with van der Waals surface area (Å²) in [4.78, 5) is 19.0. The largest absolute Gasteiger partial charge is 0.495 e. The number of carbonyl (C=O) groups is 1. The van der Waals surface area contributed by atoms with Crippen molar-refractivity contribution in [2.75, 3.05) is 44.7 Å². The standard InChI is InChI=1S/C24H27Cl3N4O4S/c1-16-3-5-20-19(13-16)17(15-28-20)7-8-29-36(33,34)18-4-6-22(35-2)21(14-18)30-9-11-31(12-10-30)23(32)24(25,26)27/h3-6,13-15,28-29H,7-12H2,1-2H3. The highest BCUT2D eigenvalue weighted by molar-refractivity contribution is 7.89. The SMILES string of the molecule is COc1ccc(S(=O)(=O)NCCc2c[nH]c3ccc(C)cc23)cc1N1CCN(C(=O)C(Cl)(Cl)Cl)CC1. The van der Waals surface area contributed by atoms with Crippen LogP contribution in [0.2, 0.25) is 0 Å². The minimum Gasteiger partial charge on any atom is -0.495 e. The lowest BCUT2D eigenvalue weighted by Gasteiger charge is -2.37. The molecular formula is C24H27Cl3N4O4S. The Kier molecular flexibility index (Phi) is 7.97. The normalized spacial score (nSPS) is 14.9. The highest BCUT2D eigenvalue weighted by Gasteiger charge is 2.36. The molecule has 36 heavy (non-hydrogen) atoms. The van der Waals surface area contributed by atoms with Gasteiger partial charge in [0.05, 0.1) is 17.7 Å². The molecule has 8 nitrogen and oxygen atoms in total. The predicted octanol–water partition coefficient (Wildman–Crippen LogP) is 4.02. The topological polar surface area (TPSA) is 94.7 Å². The molecule has 12 heteroatoms. The van der Waals surface area contributed by atoms with Crippen LogP contribution in [0.1, 0.15) is 11.1 Å². The van der Waals surface area contributed by atoms with Crippen LogP contribution in [0.5, 0.6) is 5.75 Å². The molecule has 1 aliphatic rings. The molecule has 1 aromatic heterocycles. The zero-order valence-corrected chi connectivity index (χ0v) is 22.9. The van der Waals surface area contributed by atoms with Crippen LogP contribution in [-0.2, 0) is 21.2 Å². The number of nitrogens with zero attached hydrogens (tertiary/aromatic N) is 2. The Morgan fingerprint density at radius 3 is 2.50 bits per heavy atom. The van der Waals surface area contributed by atoms with Crippen LogP contribution >= 0.6 is 34.8 Å². The Hall–Kier alpha value is -2.17. The number of benzene rings is 2. The lowest BCUT2D eigenvalue weighted by molar-refractivity contribution is -0.130. The quantitative estimate of drug-likeness (QED) is 0.416. The molecule has 2 heterocycles. The van der Waals surface area contributed by atoms with Crippen molar-refractivity contribution in [3.8, 4) is 5.75 Å². The third-order valence-corrected chi connectivity index (χ3v) is 8.16. The van der Waals surface area contributed by atoms with E-state index in [1.165, 1.54) is 18.1 Å². The number of hydrogen-bond acceptors (Lipinski definition) is 5. The molecule has 0 radical (unpaired) electrons. The number of nitrogens with one attached hydrogen (secondary N) is 2. The van der Waals surface area contributed by atoms with Gasteiger partial charge in [0.1, 0.15) is 5.75 Å². The molecule has 0 spiro atoms. The van der Waals surface area contributed by atoms with Gasteiger partial charge in [-0.15, -0.1) is 0 Å². The Morgan fingerprint density at radius 1 is 1.11 bits per heavy atom. The second kappa shape index (κ2) is 10.7. The third-order valence-electron chi connectivity index (χ3n) is 6.22. The molecule has 1 fully saturated rings. The number of anilines is 1. The Balaban J connectivity index is 1.45. The lowest BCUT2D eigenvalue weighted by atomic mass is 10.1. The number of aryl methyl sites for hydroxylation is 1. The van der Waals surface area contributed by atoms with E-state index in [9.17, 15) is 13.2 Å². The number of carbonyl (C=O) groups excluding carboxylic acids is 1. The molecule has 2 aromatic carbocycles. The number of rotatable bonds is 7. The fraction of sp³-hybridized carbons (Fsp3) is 0.375. The number of fused-ring (bicyclic) bond motifs is 1. The van der Waals surface area contributed by atoms with E-state index in [1.807, 2.05) is 30.2 Å². The van der Waals surface area contributed by atoms with Crippen molar-refractivity contribution in [3.63, 3.8) is 0 Å². The van der Waals surface area contributed by atoms with Gasteiger partial charge in [-0.05, 0) is 49.2 Å². The van der Waals surface area contributed by atoms with Crippen molar-refractivity contribution < 1.29 is 17.9 Å². The van der Waals surface area contributed by atoms with E-state index in [-0.39, 0.29) is 11.4 Å². The second-order valence-corrected chi connectivity index (χ2v) is 12.7. The van der Waals surface area contributed by atoms with E-state index < -0.39 is 19.7 Å². The average molecular weight is 574 g/mol. The summed E-state index contributed by atoms with van der Waals surface area (Å²) in [5, 5.41) is 1.09. The predicted molar refractivity (Wildman–Crippen MR) is 144 cm³/mol. The van der Waals surface area contributed by atoms with Crippen LogP contribution in [0.4, 0.5) is 5.69 Å². The fourth-order valence-corrected chi connectivity index (χ4v) is 5.73. The number of alkyl halides is 3. The monoisotopic (exact) mass is 572 g/mol. The van der Waals surface area contributed by atoms with Gasteiger partial charge in [-0.1, -0.05) is 46.4 Å². The number of piperazine rings is 1. The summed E-state index contributed by atoms with van der Waals surface area (Å²) >= 11 is 17.2. The van der Waals surface area contributed by atoms with Crippen LogP contribution in [0.15, 0.2) is 47.5 Å². The lowest BCUT2D eigenvalue weighted by Crippen LogP contribution is -2.51. The van der Waals surface area contributed by atoms with Gasteiger partial charge in [0.2, 0.25) is 10.0 Å². The van der Waals surface area contributed by atoms with Crippen LogP contribution < -0.4 is 14.4 Å². The van der Waals surface area contributed by atoms with Crippen LogP contribution in [0.25, 0.3) is 10.9 Å². The van der Waals surface area contributed by atoms with Crippen LogP contribution in [0, 0.1) is 6.92 Å². The number of halogens is 3. The Morgan fingerprint density at radius 2 is 1.83 bits per heavy atom.